The number of amides is 1. The number of ether oxygens (including phenoxy) is 1. The first kappa shape index (κ1) is 26.9. The number of rotatable bonds is 6. The third kappa shape index (κ3) is 5.83. The van der Waals surface area contributed by atoms with Gasteiger partial charge in [0.05, 0.1) is 12.8 Å². The highest BCUT2D eigenvalue weighted by Crippen LogP contribution is 2.42. The largest absolute Gasteiger partial charge is 0.465 e. The van der Waals surface area contributed by atoms with Crippen molar-refractivity contribution in [3.8, 4) is 10.4 Å². The van der Waals surface area contributed by atoms with Crippen molar-refractivity contribution in [3.63, 3.8) is 0 Å². The Morgan fingerprint density at radius 2 is 1.61 bits per heavy atom. The summed E-state index contributed by atoms with van der Waals surface area (Å²) in [6.07, 6.45) is 5.51. The molecule has 2 aromatic carbocycles. The van der Waals surface area contributed by atoms with Crippen molar-refractivity contribution < 1.29 is 14.3 Å². The Hall–Kier alpha value is -2.67. The molecule has 0 spiro atoms. The molecule has 0 atom stereocenters. The summed E-state index contributed by atoms with van der Waals surface area (Å²) in [5, 5.41) is 0.660. The third-order valence-corrected chi connectivity index (χ3v) is 9.51. The molecule has 1 saturated heterocycles. The molecule has 0 unspecified atom stereocenters. The second-order valence-electron chi connectivity index (χ2n) is 10.5. The summed E-state index contributed by atoms with van der Waals surface area (Å²) < 4.78 is 5.19. The van der Waals surface area contributed by atoms with Gasteiger partial charge in [-0.2, -0.15) is 0 Å². The number of esters is 1. The fraction of sp³-hybridized carbons (Fsp3) is 0.419. The minimum absolute atomic E-state index is 0.0426. The highest BCUT2D eigenvalue weighted by Gasteiger charge is 2.37. The van der Waals surface area contributed by atoms with Gasteiger partial charge in [-0.1, -0.05) is 54.1 Å². The van der Waals surface area contributed by atoms with Gasteiger partial charge in [-0.15, -0.1) is 11.3 Å². The van der Waals surface area contributed by atoms with Crippen LogP contribution in [0.3, 0.4) is 0 Å². The molecule has 7 heteroatoms. The van der Waals surface area contributed by atoms with Gasteiger partial charge in [-0.25, -0.2) is 4.79 Å². The van der Waals surface area contributed by atoms with E-state index < -0.39 is 5.97 Å². The van der Waals surface area contributed by atoms with Crippen LogP contribution in [0.5, 0.6) is 0 Å². The summed E-state index contributed by atoms with van der Waals surface area (Å²) in [7, 11) is 3.52. The number of hydrogen-bond acceptors (Lipinski definition) is 5. The molecule has 2 heterocycles. The van der Waals surface area contributed by atoms with E-state index in [9.17, 15) is 9.59 Å². The number of carbonyl (C=O) groups excluding carboxylic acids is 2. The lowest BCUT2D eigenvalue weighted by Crippen LogP contribution is -2.49. The molecule has 1 aromatic heterocycles. The lowest BCUT2D eigenvalue weighted by molar-refractivity contribution is -0.124. The minimum Gasteiger partial charge on any atom is -0.465 e. The van der Waals surface area contributed by atoms with Crippen LogP contribution in [-0.2, 0) is 9.53 Å². The fourth-order valence-corrected chi connectivity index (χ4v) is 7.10. The quantitative estimate of drug-likeness (QED) is 0.303. The predicted molar refractivity (Wildman–Crippen MR) is 155 cm³/mol. The van der Waals surface area contributed by atoms with Crippen molar-refractivity contribution in [1.82, 2.24) is 4.90 Å². The van der Waals surface area contributed by atoms with E-state index in [0.717, 1.165) is 62.1 Å². The molecule has 1 saturated carbocycles. The maximum absolute atomic E-state index is 14.3. The van der Waals surface area contributed by atoms with Gasteiger partial charge in [0.1, 0.15) is 4.88 Å². The Bertz CT molecular complexity index is 1240. The van der Waals surface area contributed by atoms with E-state index in [-0.39, 0.29) is 17.9 Å². The molecule has 200 valence electrons. The van der Waals surface area contributed by atoms with Crippen LogP contribution in [0.25, 0.3) is 10.4 Å². The highest BCUT2D eigenvalue weighted by atomic mass is 35.5. The van der Waals surface area contributed by atoms with Gasteiger partial charge in [-0.3, -0.25) is 4.79 Å². The summed E-state index contributed by atoms with van der Waals surface area (Å²) >= 11 is 7.51. The molecule has 5 rings (SSSR count). The number of anilines is 1. The molecule has 0 N–H and O–H groups in total. The predicted octanol–water partition coefficient (Wildman–Crippen LogP) is 7.26. The van der Waals surface area contributed by atoms with Crippen LogP contribution >= 0.6 is 22.9 Å². The SMILES string of the molecule is COC(=O)c1sc(-c2ccc(Cl)cc2)cc1N(C(=O)C1CCC(c2ccccc2)CC1)C1CCN(C)CC1. The first-order chi connectivity index (χ1) is 18.4. The molecular weight excluding hydrogens is 516 g/mol. The van der Waals surface area contributed by atoms with Crippen LogP contribution in [0, 0.1) is 5.92 Å². The van der Waals surface area contributed by atoms with Crippen molar-refractivity contribution in [2.75, 3.05) is 32.1 Å². The summed E-state index contributed by atoms with van der Waals surface area (Å²) in [5.74, 6) is 0.208. The van der Waals surface area contributed by atoms with Crippen LogP contribution in [0.1, 0.15) is 59.7 Å². The van der Waals surface area contributed by atoms with Gasteiger partial charge in [0.2, 0.25) is 5.91 Å². The van der Waals surface area contributed by atoms with Crippen molar-refractivity contribution in [2.24, 2.45) is 5.92 Å². The molecule has 1 amide bonds. The first-order valence-electron chi connectivity index (χ1n) is 13.5. The maximum Gasteiger partial charge on any atom is 0.350 e. The van der Waals surface area contributed by atoms with E-state index in [1.807, 2.05) is 35.2 Å². The number of hydrogen-bond donors (Lipinski definition) is 0. The zero-order chi connectivity index (χ0) is 26.6. The summed E-state index contributed by atoms with van der Waals surface area (Å²) in [5.41, 5.74) is 3.02. The molecule has 1 aliphatic heterocycles. The Morgan fingerprint density at radius 1 is 0.947 bits per heavy atom. The Kier molecular flexibility index (Phi) is 8.51. The lowest BCUT2D eigenvalue weighted by Gasteiger charge is -2.40. The van der Waals surface area contributed by atoms with E-state index in [2.05, 4.69) is 42.3 Å². The lowest BCUT2D eigenvalue weighted by atomic mass is 9.78. The molecule has 38 heavy (non-hydrogen) atoms. The van der Waals surface area contributed by atoms with Crippen LogP contribution in [0.4, 0.5) is 5.69 Å². The van der Waals surface area contributed by atoms with Gasteiger partial charge < -0.3 is 14.5 Å². The number of likely N-dealkylation sites (tertiary alicyclic amines) is 1. The molecular formula is C31H35ClN2O3S. The Morgan fingerprint density at radius 3 is 2.24 bits per heavy atom. The maximum atomic E-state index is 14.3. The number of thiophene rings is 1. The normalized spacial score (nSPS) is 20.7. The molecule has 2 aliphatic rings. The minimum atomic E-state index is -0.399. The van der Waals surface area contributed by atoms with Crippen molar-refractivity contribution >= 4 is 40.5 Å². The van der Waals surface area contributed by atoms with E-state index >= 15 is 0 Å². The molecule has 2 fully saturated rings. The number of benzene rings is 2. The topological polar surface area (TPSA) is 49.9 Å². The van der Waals surface area contributed by atoms with Gasteiger partial charge >= 0.3 is 5.97 Å². The second-order valence-corrected chi connectivity index (χ2v) is 12.0. The van der Waals surface area contributed by atoms with Gasteiger partial charge in [0.25, 0.3) is 0 Å². The Balaban J connectivity index is 1.47. The standard InChI is InChI=1S/C31H35ClN2O3S/c1-33-18-16-26(17-19-33)34(30(35)24-10-8-22(9-11-24)21-6-4-3-5-7-21)27-20-28(38-29(27)31(36)37-2)23-12-14-25(32)15-13-23/h3-7,12-15,20,22,24,26H,8-11,16-19H2,1-2H3. The summed E-state index contributed by atoms with van der Waals surface area (Å²) in [6, 6.07) is 20.3. The van der Waals surface area contributed by atoms with Crippen LogP contribution in [0.15, 0.2) is 60.7 Å². The Labute approximate surface area is 234 Å². The molecule has 0 radical (unpaired) electrons. The van der Waals surface area contributed by atoms with Crippen molar-refractivity contribution in [2.45, 2.75) is 50.5 Å². The smallest absolute Gasteiger partial charge is 0.350 e. The zero-order valence-corrected chi connectivity index (χ0v) is 23.6. The van der Waals surface area contributed by atoms with E-state index in [4.69, 9.17) is 16.3 Å². The van der Waals surface area contributed by atoms with E-state index in [0.29, 0.717) is 21.5 Å². The number of carbonyl (C=O) groups is 2. The van der Waals surface area contributed by atoms with Gasteiger partial charge in [-0.05, 0) is 93.9 Å². The van der Waals surface area contributed by atoms with Gasteiger partial charge in [0.15, 0.2) is 0 Å². The van der Waals surface area contributed by atoms with E-state index in [1.54, 1.807) is 0 Å². The number of nitrogens with zero attached hydrogens (tertiary/aromatic N) is 2. The van der Waals surface area contributed by atoms with Crippen molar-refractivity contribution in [1.29, 1.82) is 0 Å². The average Bonchev–Trinajstić information content (AvgIpc) is 3.39. The number of piperidine rings is 1. The van der Waals surface area contributed by atoms with E-state index in [1.165, 1.54) is 24.0 Å². The van der Waals surface area contributed by atoms with Crippen LogP contribution < -0.4 is 4.90 Å². The van der Waals surface area contributed by atoms with Crippen LogP contribution in [0.2, 0.25) is 5.02 Å². The molecule has 0 bridgehead atoms. The number of methoxy groups -OCH3 is 1. The zero-order valence-electron chi connectivity index (χ0n) is 22.1. The van der Waals surface area contributed by atoms with Gasteiger partial charge in [0, 0.05) is 21.9 Å². The van der Waals surface area contributed by atoms with Crippen LogP contribution in [-0.4, -0.2) is 50.1 Å². The fourth-order valence-electron chi connectivity index (χ4n) is 5.90. The average molecular weight is 551 g/mol. The molecule has 1 aliphatic carbocycles. The summed E-state index contributed by atoms with van der Waals surface area (Å²) in [4.78, 5) is 33.0. The summed E-state index contributed by atoms with van der Waals surface area (Å²) in [6.45, 7) is 1.86. The molecule has 3 aromatic rings. The second kappa shape index (κ2) is 12.0. The van der Waals surface area contributed by atoms with Crippen molar-refractivity contribution in [3.05, 3.63) is 76.1 Å². The molecule has 5 nitrogen and oxygen atoms in total. The monoisotopic (exact) mass is 550 g/mol. The highest BCUT2D eigenvalue weighted by molar-refractivity contribution is 7.18. The first-order valence-corrected chi connectivity index (χ1v) is 14.7. The number of halogens is 1. The third-order valence-electron chi connectivity index (χ3n) is 8.11.